The molecule has 1 aliphatic carbocycles. The van der Waals surface area contributed by atoms with Crippen LogP contribution in [0.3, 0.4) is 0 Å². The lowest BCUT2D eigenvalue weighted by atomic mass is 9.84. The topological polar surface area (TPSA) is 137 Å². The zero-order valence-electron chi connectivity index (χ0n) is 31.7. The van der Waals surface area contributed by atoms with Gasteiger partial charge in [0.05, 0.1) is 16.8 Å². The van der Waals surface area contributed by atoms with Crippen molar-refractivity contribution in [2.45, 2.75) is 29.2 Å². The summed E-state index contributed by atoms with van der Waals surface area (Å²) >= 11 is 1.47. The van der Waals surface area contributed by atoms with Crippen LogP contribution >= 0.6 is 11.8 Å². The number of hydrogen-bond donors (Lipinski definition) is 2. The quantitative estimate of drug-likeness (QED) is 0.0458. The van der Waals surface area contributed by atoms with Gasteiger partial charge in [0.25, 0.3) is 5.69 Å². The van der Waals surface area contributed by atoms with Crippen LogP contribution in [0, 0.1) is 10.1 Å². The molecule has 10 nitrogen and oxygen atoms in total. The van der Waals surface area contributed by atoms with E-state index in [1.165, 1.54) is 43.1 Å². The molecule has 0 radical (unpaired) electrons. The van der Waals surface area contributed by atoms with Crippen LogP contribution in [0.2, 0.25) is 0 Å². The Morgan fingerprint density at radius 1 is 0.672 bits per heavy atom. The van der Waals surface area contributed by atoms with Gasteiger partial charge in [-0.15, -0.1) is 11.8 Å². The van der Waals surface area contributed by atoms with Crippen molar-refractivity contribution in [2.24, 2.45) is 0 Å². The average molecular weight is 792 g/mol. The van der Waals surface area contributed by atoms with Crippen molar-refractivity contribution < 1.29 is 28.8 Å². The number of nitrogens with one attached hydrogen (secondary N) is 2. The number of thioether (sulfide) groups is 1. The fraction of sp³-hybridized carbons (Fsp3) is 0.170. The lowest BCUT2D eigenvalue weighted by molar-refractivity contribution is -0.384. The number of non-ortho nitro benzene ring substituents is 1. The number of carbonyl (C=O) groups excluding carboxylic acids is 3. The highest BCUT2D eigenvalue weighted by Crippen LogP contribution is 2.49. The Morgan fingerprint density at radius 2 is 1.16 bits per heavy atom. The van der Waals surface area contributed by atoms with E-state index in [2.05, 4.69) is 22.8 Å². The highest BCUT2D eigenvalue weighted by atomic mass is 32.2. The number of esters is 1. The predicted molar refractivity (Wildman–Crippen MR) is 224 cm³/mol. The van der Waals surface area contributed by atoms with Crippen LogP contribution in [0.5, 0.6) is 0 Å². The van der Waals surface area contributed by atoms with Gasteiger partial charge in [0.2, 0.25) is 5.91 Å². The van der Waals surface area contributed by atoms with Gasteiger partial charge in [0.1, 0.15) is 18.7 Å². The fourth-order valence-electron chi connectivity index (χ4n) is 7.54. The molecule has 0 saturated heterocycles. The van der Waals surface area contributed by atoms with Crippen molar-refractivity contribution in [1.82, 2.24) is 10.6 Å². The van der Waals surface area contributed by atoms with E-state index in [1.54, 1.807) is 0 Å². The second-order valence-corrected chi connectivity index (χ2v) is 15.1. The summed E-state index contributed by atoms with van der Waals surface area (Å²) in [5, 5.41) is 16.9. The van der Waals surface area contributed by atoms with Crippen molar-refractivity contribution >= 4 is 35.4 Å². The summed E-state index contributed by atoms with van der Waals surface area (Å²) in [6.07, 6.45) is -0.805. The lowest BCUT2D eigenvalue weighted by Crippen LogP contribution is -2.54. The maximum atomic E-state index is 14.5. The van der Waals surface area contributed by atoms with Crippen molar-refractivity contribution in [3.05, 3.63) is 207 Å². The Kier molecular flexibility index (Phi) is 12.3. The molecule has 2 N–H and O–H groups in total. The zero-order chi connectivity index (χ0) is 40.5. The number of hydrogen-bond acceptors (Lipinski definition) is 8. The molecule has 0 fully saturated rings. The molecule has 11 heteroatoms. The van der Waals surface area contributed by atoms with Gasteiger partial charge in [-0.3, -0.25) is 14.9 Å². The van der Waals surface area contributed by atoms with E-state index in [4.69, 9.17) is 9.47 Å². The van der Waals surface area contributed by atoms with Gasteiger partial charge in [-0.1, -0.05) is 152 Å². The first kappa shape index (κ1) is 39.5. The van der Waals surface area contributed by atoms with E-state index in [-0.39, 0.29) is 30.4 Å². The molecule has 0 spiro atoms. The number of fused-ring (bicyclic) bond motifs is 3. The van der Waals surface area contributed by atoms with Gasteiger partial charge >= 0.3 is 12.1 Å². The van der Waals surface area contributed by atoms with Crippen LogP contribution in [0.1, 0.15) is 39.3 Å². The first-order valence-electron chi connectivity index (χ1n) is 18.8. The number of methoxy groups -OCH3 is 1. The average Bonchev–Trinajstić information content (AvgIpc) is 3.59. The van der Waals surface area contributed by atoms with Crippen LogP contribution in [0.15, 0.2) is 164 Å². The molecule has 0 bridgehead atoms. The molecule has 0 heterocycles. The number of nitro benzene ring substituents is 1. The highest BCUT2D eigenvalue weighted by Gasteiger charge is 2.39. The van der Waals surface area contributed by atoms with Crippen molar-refractivity contribution in [1.29, 1.82) is 0 Å². The number of rotatable bonds is 15. The predicted octanol–water partition coefficient (Wildman–Crippen LogP) is 8.43. The molecular weight excluding hydrogens is 751 g/mol. The van der Waals surface area contributed by atoms with E-state index >= 15 is 0 Å². The Labute approximate surface area is 340 Å². The molecule has 7 rings (SSSR count). The van der Waals surface area contributed by atoms with Gasteiger partial charge in [0.15, 0.2) is 0 Å². The summed E-state index contributed by atoms with van der Waals surface area (Å²) in [7, 11) is 1.22. The largest absolute Gasteiger partial charge is 0.467 e. The van der Waals surface area contributed by atoms with Crippen molar-refractivity contribution in [3.63, 3.8) is 0 Å². The number of benzene rings is 6. The van der Waals surface area contributed by atoms with Gasteiger partial charge in [-0.25, -0.2) is 9.59 Å². The fourth-order valence-corrected chi connectivity index (χ4v) is 9.10. The Balaban J connectivity index is 1.20. The minimum atomic E-state index is -1.19. The summed E-state index contributed by atoms with van der Waals surface area (Å²) in [6.45, 7) is 0.0360. The standard InChI is InChI=1S/C47H41N3O7S/c1-56-45(52)42(29-32-25-27-36(28-26-32)50(54)55)48-44(51)43(49-46(53)57-30-41-39-23-13-11-21-37(39)38-22-12-14-24-40(38)41)31-58-47(33-15-5-2-6-16-33,34-17-7-3-8-18-34)35-19-9-4-10-20-35/h2-28,41-43H,29-31H2,1H3,(H,48,51)(H,49,53). The van der Waals surface area contributed by atoms with Gasteiger partial charge in [0, 0.05) is 30.2 Å². The third-order valence-electron chi connectivity index (χ3n) is 10.3. The second-order valence-electron chi connectivity index (χ2n) is 13.8. The second kappa shape index (κ2) is 18.0. The molecule has 0 aromatic heterocycles. The van der Waals surface area contributed by atoms with Crippen molar-refractivity contribution in [2.75, 3.05) is 19.5 Å². The maximum absolute atomic E-state index is 14.5. The van der Waals surface area contributed by atoms with Gasteiger partial charge < -0.3 is 20.1 Å². The van der Waals surface area contributed by atoms with Crippen LogP contribution < -0.4 is 10.6 Å². The molecule has 6 aromatic rings. The van der Waals surface area contributed by atoms with Gasteiger partial charge in [-0.05, 0) is 44.5 Å². The summed E-state index contributed by atoms with van der Waals surface area (Å²) in [6, 6.07) is 49.3. The van der Waals surface area contributed by atoms with E-state index in [1.807, 2.05) is 127 Å². The van der Waals surface area contributed by atoms with Crippen LogP contribution in [0.4, 0.5) is 10.5 Å². The van der Waals surface area contributed by atoms with Crippen LogP contribution in [-0.4, -0.2) is 54.4 Å². The number of nitrogens with zero attached hydrogens (tertiary/aromatic N) is 1. The Morgan fingerprint density at radius 3 is 1.64 bits per heavy atom. The Bertz CT molecular complexity index is 2240. The SMILES string of the molecule is COC(=O)C(Cc1ccc([N+](=O)[O-])cc1)NC(=O)C(CSC(c1ccccc1)(c1ccccc1)c1ccccc1)NC(=O)OCC1c2ccccc2-c2ccccc21. The molecule has 2 atom stereocenters. The number of nitro groups is 1. The maximum Gasteiger partial charge on any atom is 0.407 e. The summed E-state index contributed by atoms with van der Waals surface area (Å²) in [5.41, 5.74) is 7.61. The van der Waals surface area contributed by atoms with Crippen LogP contribution in [-0.2, 0) is 30.2 Å². The molecule has 2 unspecified atom stereocenters. The smallest absolute Gasteiger partial charge is 0.407 e. The minimum Gasteiger partial charge on any atom is -0.467 e. The molecule has 292 valence electrons. The normalized spacial score (nSPS) is 13.0. The number of amides is 2. The summed E-state index contributed by atoms with van der Waals surface area (Å²) in [4.78, 5) is 52.2. The molecule has 6 aromatic carbocycles. The van der Waals surface area contributed by atoms with E-state index < -0.39 is 39.7 Å². The van der Waals surface area contributed by atoms with Gasteiger partial charge in [-0.2, -0.15) is 0 Å². The summed E-state index contributed by atoms with van der Waals surface area (Å²) in [5.74, 6) is -1.50. The number of ether oxygens (including phenoxy) is 2. The third kappa shape index (κ3) is 8.50. The number of alkyl carbamates (subject to hydrolysis) is 1. The monoisotopic (exact) mass is 791 g/mol. The zero-order valence-corrected chi connectivity index (χ0v) is 32.5. The number of carbonyl (C=O) groups is 3. The van der Waals surface area contributed by atoms with Crippen LogP contribution in [0.25, 0.3) is 11.1 Å². The molecule has 0 saturated carbocycles. The summed E-state index contributed by atoms with van der Waals surface area (Å²) < 4.78 is 10.2. The molecule has 2 amide bonds. The van der Waals surface area contributed by atoms with E-state index in [9.17, 15) is 24.5 Å². The molecular formula is C47H41N3O7S. The molecule has 1 aliphatic rings. The highest BCUT2D eigenvalue weighted by molar-refractivity contribution is 8.00. The minimum absolute atomic E-state index is 0.0107. The first-order chi connectivity index (χ1) is 28.3. The third-order valence-corrected chi connectivity index (χ3v) is 12.0. The first-order valence-corrected chi connectivity index (χ1v) is 19.8. The lowest BCUT2D eigenvalue weighted by Gasteiger charge is -2.36. The van der Waals surface area contributed by atoms with Crippen molar-refractivity contribution in [3.8, 4) is 11.1 Å². The van der Waals surface area contributed by atoms with E-state index in [0.717, 1.165) is 38.9 Å². The molecule has 0 aliphatic heterocycles. The molecule has 58 heavy (non-hydrogen) atoms. The Hall–Kier alpha value is -6.72. The van der Waals surface area contributed by atoms with E-state index in [0.29, 0.717) is 5.56 Å².